The summed E-state index contributed by atoms with van der Waals surface area (Å²) in [4.78, 5) is 16.1. The summed E-state index contributed by atoms with van der Waals surface area (Å²) in [6.45, 7) is 4.05. The fourth-order valence-electron chi connectivity index (χ4n) is 1.66. The highest BCUT2D eigenvalue weighted by atomic mass is 16.1. The fraction of sp³-hybridized carbons (Fsp3) is 0.385. The van der Waals surface area contributed by atoms with Crippen LogP contribution >= 0.6 is 0 Å². The van der Waals surface area contributed by atoms with Crippen LogP contribution in [0.1, 0.15) is 26.0 Å². The van der Waals surface area contributed by atoms with Gasteiger partial charge in [0, 0.05) is 18.4 Å². The van der Waals surface area contributed by atoms with Gasteiger partial charge in [-0.05, 0) is 25.5 Å². The van der Waals surface area contributed by atoms with Gasteiger partial charge in [0.15, 0.2) is 0 Å². The molecule has 0 bridgehead atoms. The maximum absolute atomic E-state index is 11.7. The Bertz CT molecular complexity index is 485. The number of pyridine rings is 1. The third-order valence-corrected chi connectivity index (χ3v) is 2.78. The van der Waals surface area contributed by atoms with E-state index in [9.17, 15) is 4.79 Å². The van der Waals surface area contributed by atoms with Gasteiger partial charge in [-0.15, -0.1) is 0 Å². The normalized spacial score (nSPS) is 12.6. The molecular formula is C13H17N3O. The number of aromatic nitrogens is 2. The lowest BCUT2D eigenvalue weighted by molar-refractivity contribution is -0.121. The number of nitrogens with zero attached hydrogens (tertiary/aromatic N) is 2. The number of amides is 1. The van der Waals surface area contributed by atoms with Gasteiger partial charge in [0.2, 0.25) is 5.91 Å². The minimum absolute atomic E-state index is 0.0303. The summed E-state index contributed by atoms with van der Waals surface area (Å²) in [5.41, 5.74) is 1.68. The molecule has 2 aromatic rings. The molecule has 17 heavy (non-hydrogen) atoms. The van der Waals surface area contributed by atoms with Crippen molar-refractivity contribution in [1.29, 1.82) is 0 Å². The van der Waals surface area contributed by atoms with Crippen molar-refractivity contribution in [3.63, 3.8) is 0 Å². The Labute approximate surface area is 101 Å². The van der Waals surface area contributed by atoms with E-state index >= 15 is 0 Å². The molecule has 0 spiro atoms. The van der Waals surface area contributed by atoms with Gasteiger partial charge in [0.1, 0.15) is 5.65 Å². The molecule has 0 aromatic carbocycles. The Hall–Kier alpha value is -1.84. The molecule has 0 radical (unpaired) electrons. The largest absolute Gasteiger partial charge is 0.353 e. The van der Waals surface area contributed by atoms with Crippen LogP contribution in [0.15, 0.2) is 30.6 Å². The van der Waals surface area contributed by atoms with Crippen molar-refractivity contribution in [2.45, 2.75) is 32.7 Å². The van der Waals surface area contributed by atoms with E-state index in [4.69, 9.17) is 0 Å². The monoisotopic (exact) mass is 231 g/mol. The molecule has 0 fully saturated rings. The highest BCUT2D eigenvalue weighted by Crippen LogP contribution is 2.05. The average Bonchev–Trinajstić information content (AvgIpc) is 2.70. The van der Waals surface area contributed by atoms with Crippen molar-refractivity contribution < 1.29 is 4.79 Å². The topological polar surface area (TPSA) is 46.4 Å². The van der Waals surface area contributed by atoms with Crippen LogP contribution in [0.25, 0.3) is 5.65 Å². The zero-order chi connectivity index (χ0) is 12.3. The maximum Gasteiger partial charge on any atom is 0.226 e. The van der Waals surface area contributed by atoms with Gasteiger partial charge in [0.05, 0.1) is 12.1 Å². The lowest BCUT2D eigenvalue weighted by Gasteiger charge is -2.09. The van der Waals surface area contributed by atoms with E-state index in [0.717, 1.165) is 17.8 Å². The first kappa shape index (κ1) is 11.6. The van der Waals surface area contributed by atoms with E-state index in [0.29, 0.717) is 6.42 Å². The zero-order valence-corrected chi connectivity index (χ0v) is 10.2. The second kappa shape index (κ2) is 4.99. The summed E-state index contributed by atoms with van der Waals surface area (Å²) in [7, 11) is 0. The SMILES string of the molecule is CC[C@H](C)NC(=O)Cc1cn2ccccc2n1. The minimum atomic E-state index is 0.0303. The van der Waals surface area contributed by atoms with Gasteiger partial charge in [-0.2, -0.15) is 0 Å². The smallest absolute Gasteiger partial charge is 0.226 e. The Balaban J connectivity index is 2.05. The van der Waals surface area contributed by atoms with Crippen LogP contribution in [-0.2, 0) is 11.2 Å². The second-order valence-corrected chi connectivity index (χ2v) is 4.25. The minimum Gasteiger partial charge on any atom is -0.353 e. The van der Waals surface area contributed by atoms with Gasteiger partial charge in [-0.25, -0.2) is 4.98 Å². The van der Waals surface area contributed by atoms with Crippen molar-refractivity contribution in [3.8, 4) is 0 Å². The fourth-order valence-corrected chi connectivity index (χ4v) is 1.66. The highest BCUT2D eigenvalue weighted by molar-refractivity contribution is 5.78. The quantitative estimate of drug-likeness (QED) is 0.872. The summed E-state index contributed by atoms with van der Waals surface area (Å²) >= 11 is 0. The molecule has 1 atom stereocenters. The summed E-state index contributed by atoms with van der Waals surface area (Å²) in [5, 5.41) is 2.93. The lowest BCUT2D eigenvalue weighted by Crippen LogP contribution is -2.33. The van der Waals surface area contributed by atoms with Crippen molar-refractivity contribution in [2.75, 3.05) is 0 Å². The molecule has 2 rings (SSSR count). The molecule has 0 aliphatic rings. The first-order valence-corrected chi connectivity index (χ1v) is 5.91. The first-order valence-electron chi connectivity index (χ1n) is 5.91. The van der Waals surface area contributed by atoms with E-state index < -0.39 is 0 Å². The molecular weight excluding hydrogens is 214 g/mol. The van der Waals surface area contributed by atoms with Gasteiger partial charge in [0.25, 0.3) is 0 Å². The van der Waals surface area contributed by atoms with Gasteiger partial charge >= 0.3 is 0 Å². The Morgan fingerprint density at radius 2 is 2.35 bits per heavy atom. The number of rotatable bonds is 4. The molecule has 1 amide bonds. The molecule has 4 heteroatoms. The number of nitrogens with one attached hydrogen (secondary N) is 1. The van der Waals surface area contributed by atoms with Crippen LogP contribution in [0, 0.1) is 0 Å². The van der Waals surface area contributed by atoms with Crippen molar-refractivity contribution in [3.05, 3.63) is 36.3 Å². The number of hydrogen-bond acceptors (Lipinski definition) is 2. The van der Waals surface area contributed by atoms with Crippen LogP contribution in [0.3, 0.4) is 0 Å². The molecule has 90 valence electrons. The molecule has 2 heterocycles. The van der Waals surface area contributed by atoms with Crippen LogP contribution in [0.5, 0.6) is 0 Å². The Morgan fingerprint density at radius 1 is 1.53 bits per heavy atom. The van der Waals surface area contributed by atoms with E-state index in [-0.39, 0.29) is 11.9 Å². The number of imidazole rings is 1. The molecule has 0 unspecified atom stereocenters. The maximum atomic E-state index is 11.7. The van der Waals surface area contributed by atoms with Crippen LogP contribution in [0.2, 0.25) is 0 Å². The third kappa shape index (κ3) is 2.84. The van der Waals surface area contributed by atoms with E-state index in [1.54, 1.807) is 0 Å². The summed E-state index contributed by atoms with van der Waals surface area (Å²) in [6, 6.07) is 6.03. The summed E-state index contributed by atoms with van der Waals surface area (Å²) < 4.78 is 1.92. The second-order valence-electron chi connectivity index (χ2n) is 4.25. The zero-order valence-electron chi connectivity index (χ0n) is 10.2. The third-order valence-electron chi connectivity index (χ3n) is 2.78. The van der Waals surface area contributed by atoms with E-state index in [1.165, 1.54) is 0 Å². The molecule has 4 nitrogen and oxygen atoms in total. The van der Waals surface area contributed by atoms with E-state index in [2.05, 4.69) is 17.2 Å². The Morgan fingerprint density at radius 3 is 3.06 bits per heavy atom. The number of carbonyl (C=O) groups excluding carboxylic acids is 1. The van der Waals surface area contributed by atoms with Gasteiger partial charge in [-0.1, -0.05) is 13.0 Å². The predicted octanol–water partition coefficient (Wildman–Crippen LogP) is 1.79. The lowest BCUT2D eigenvalue weighted by atomic mass is 10.2. The molecule has 0 aliphatic carbocycles. The van der Waals surface area contributed by atoms with E-state index in [1.807, 2.05) is 41.9 Å². The first-order chi connectivity index (χ1) is 8.19. The molecule has 0 aliphatic heterocycles. The van der Waals surface area contributed by atoms with Gasteiger partial charge < -0.3 is 9.72 Å². The predicted molar refractivity (Wildman–Crippen MR) is 66.8 cm³/mol. The molecule has 1 N–H and O–H groups in total. The number of carbonyl (C=O) groups is 1. The summed E-state index contributed by atoms with van der Waals surface area (Å²) in [6.07, 6.45) is 5.10. The van der Waals surface area contributed by atoms with Crippen LogP contribution < -0.4 is 5.32 Å². The summed E-state index contributed by atoms with van der Waals surface area (Å²) in [5.74, 6) is 0.0303. The Kier molecular flexibility index (Phi) is 3.42. The molecule has 0 saturated heterocycles. The van der Waals surface area contributed by atoms with Crippen molar-refractivity contribution in [1.82, 2.24) is 14.7 Å². The average molecular weight is 231 g/mol. The van der Waals surface area contributed by atoms with Crippen LogP contribution in [0.4, 0.5) is 0 Å². The van der Waals surface area contributed by atoms with Crippen molar-refractivity contribution in [2.24, 2.45) is 0 Å². The van der Waals surface area contributed by atoms with Gasteiger partial charge in [-0.3, -0.25) is 4.79 Å². The standard InChI is InChI=1S/C13H17N3O/c1-3-10(2)14-13(17)8-11-9-16-7-5-4-6-12(16)15-11/h4-7,9-10H,3,8H2,1-2H3,(H,14,17)/t10-/m0/s1. The molecule has 0 saturated carbocycles. The van der Waals surface area contributed by atoms with Crippen LogP contribution in [-0.4, -0.2) is 21.3 Å². The number of hydrogen-bond donors (Lipinski definition) is 1. The number of fused-ring (bicyclic) bond motifs is 1. The molecule has 2 aromatic heterocycles. The van der Waals surface area contributed by atoms with Crippen molar-refractivity contribution >= 4 is 11.6 Å². The highest BCUT2D eigenvalue weighted by Gasteiger charge is 2.09.